The van der Waals surface area contributed by atoms with E-state index in [0.29, 0.717) is 25.4 Å². The summed E-state index contributed by atoms with van der Waals surface area (Å²) < 4.78 is 5.44. The topological polar surface area (TPSA) is 91.5 Å². The van der Waals surface area contributed by atoms with Crippen LogP contribution in [-0.4, -0.2) is 56.7 Å². The lowest BCUT2D eigenvalue weighted by Crippen LogP contribution is -2.52. The van der Waals surface area contributed by atoms with Crippen LogP contribution in [0.2, 0.25) is 0 Å². The third kappa shape index (κ3) is 4.63. The smallest absolute Gasteiger partial charge is 0.321 e. The fourth-order valence-electron chi connectivity index (χ4n) is 4.56. The number of hydrogen-bond donors (Lipinski definition) is 1. The van der Waals surface area contributed by atoms with Crippen LogP contribution in [0.5, 0.6) is 0 Å². The number of amides is 3. The van der Waals surface area contributed by atoms with Crippen molar-refractivity contribution in [3.8, 4) is 0 Å². The average molecular weight is 464 g/mol. The maximum Gasteiger partial charge on any atom is 0.321 e. The van der Waals surface area contributed by atoms with Crippen LogP contribution < -0.4 is 20.4 Å². The largest absolute Gasteiger partial charge is 0.378 e. The Bertz CT molecular complexity index is 1060. The number of nitrogens with two attached hydrogens (primary N) is 1. The molecule has 1 fully saturated rings. The number of carbonyl (C=O) groups is 2. The molecule has 34 heavy (non-hydrogen) atoms. The van der Waals surface area contributed by atoms with E-state index in [1.165, 1.54) is 4.90 Å². The molecule has 1 unspecified atom stereocenters. The third-order valence-electron chi connectivity index (χ3n) is 6.20. The quantitative estimate of drug-likeness (QED) is 0.708. The number of urea groups is 1. The first-order chi connectivity index (χ1) is 16.4. The zero-order valence-electron chi connectivity index (χ0n) is 20.1. The SMILES string of the molecule is CCCN1C(=O)C(N(C(N)=O)c2ccc(N3CCOCC3)cc2)N=C(C(C)C)c2ccccc21. The van der Waals surface area contributed by atoms with Crippen LogP contribution >= 0.6 is 0 Å². The molecule has 2 aromatic carbocycles. The number of aliphatic imine (C=N–C) groups is 1. The Balaban J connectivity index is 1.76. The van der Waals surface area contributed by atoms with Gasteiger partial charge >= 0.3 is 6.03 Å². The average Bonchev–Trinajstić information content (AvgIpc) is 2.96. The second-order valence-corrected chi connectivity index (χ2v) is 8.87. The van der Waals surface area contributed by atoms with Gasteiger partial charge in [-0.05, 0) is 42.7 Å². The molecule has 180 valence electrons. The number of anilines is 3. The highest BCUT2D eigenvalue weighted by Crippen LogP contribution is 2.31. The highest BCUT2D eigenvalue weighted by Gasteiger charge is 2.37. The Hall–Kier alpha value is -3.39. The van der Waals surface area contributed by atoms with Gasteiger partial charge < -0.3 is 20.3 Å². The Labute approximate surface area is 201 Å². The molecule has 2 aliphatic heterocycles. The molecule has 0 aliphatic carbocycles. The summed E-state index contributed by atoms with van der Waals surface area (Å²) in [5, 5.41) is 0. The number of fused-ring (bicyclic) bond motifs is 1. The summed E-state index contributed by atoms with van der Waals surface area (Å²) >= 11 is 0. The summed E-state index contributed by atoms with van der Waals surface area (Å²) in [5.74, 6) is -0.211. The Morgan fingerprint density at radius 2 is 1.82 bits per heavy atom. The van der Waals surface area contributed by atoms with Gasteiger partial charge in [-0.15, -0.1) is 0 Å². The number of benzodiazepines with no additional fused rings is 1. The van der Waals surface area contributed by atoms with Crippen molar-refractivity contribution in [2.24, 2.45) is 16.6 Å². The number of para-hydroxylation sites is 1. The number of rotatable bonds is 6. The van der Waals surface area contributed by atoms with Gasteiger partial charge in [0.1, 0.15) is 0 Å². The van der Waals surface area contributed by atoms with Gasteiger partial charge in [-0.3, -0.25) is 14.7 Å². The molecule has 8 heteroatoms. The van der Waals surface area contributed by atoms with Crippen LogP contribution in [0.25, 0.3) is 0 Å². The van der Waals surface area contributed by atoms with E-state index in [2.05, 4.69) is 4.90 Å². The van der Waals surface area contributed by atoms with Gasteiger partial charge in [-0.25, -0.2) is 4.79 Å². The second kappa shape index (κ2) is 10.3. The first-order valence-electron chi connectivity index (χ1n) is 11.9. The zero-order valence-corrected chi connectivity index (χ0v) is 20.1. The predicted octanol–water partition coefficient (Wildman–Crippen LogP) is 3.64. The fraction of sp³-hybridized carbons (Fsp3) is 0.423. The summed E-state index contributed by atoms with van der Waals surface area (Å²) in [6, 6.07) is 14.6. The highest BCUT2D eigenvalue weighted by molar-refractivity contribution is 6.15. The van der Waals surface area contributed by atoms with Crippen molar-refractivity contribution >= 4 is 34.7 Å². The molecule has 0 saturated carbocycles. The van der Waals surface area contributed by atoms with Crippen molar-refractivity contribution in [1.82, 2.24) is 0 Å². The van der Waals surface area contributed by atoms with Crippen molar-refractivity contribution in [3.05, 3.63) is 54.1 Å². The van der Waals surface area contributed by atoms with Crippen molar-refractivity contribution in [3.63, 3.8) is 0 Å². The van der Waals surface area contributed by atoms with Crippen molar-refractivity contribution in [2.75, 3.05) is 47.5 Å². The third-order valence-corrected chi connectivity index (χ3v) is 6.20. The molecule has 1 saturated heterocycles. The summed E-state index contributed by atoms with van der Waals surface area (Å²) in [6.07, 6.45) is -0.308. The van der Waals surface area contributed by atoms with Crippen LogP contribution in [0, 0.1) is 5.92 Å². The summed E-state index contributed by atoms with van der Waals surface area (Å²) in [6.45, 7) is 9.62. The Morgan fingerprint density at radius 1 is 1.15 bits per heavy atom. The lowest BCUT2D eigenvalue weighted by atomic mass is 9.98. The number of primary amides is 1. The molecule has 8 nitrogen and oxygen atoms in total. The van der Waals surface area contributed by atoms with Crippen LogP contribution in [0.4, 0.5) is 21.9 Å². The van der Waals surface area contributed by atoms with Crippen LogP contribution in [0.15, 0.2) is 53.5 Å². The fourth-order valence-corrected chi connectivity index (χ4v) is 4.56. The minimum atomic E-state index is -1.08. The maximum absolute atomic E-state index is 13.8. The summed E-state index contributed by atoms with van der Waals surface area (Å²) in [5.41, 5.74) is 9.94. The van der Waals surface area contributed by atoms with Crippen LogP contribution in [-0.2, 0) is 9.53 Å². The number of nitrogens with zero attached hydrogens (tertiary/aromatic N) is 4. The molecule has 2 aromatic rings. The van der Waals surface area contributed by atoms with Gasteiger partial charge in [-0.1, -0.05) is 39.0 Å². The molecule has 0 spiro atoms. The molecule has 0 radical (unpaired) electrons. The van der Waals surface area contributed by atoms with Crippen LogP contribution in [0.1, 0.15) is 32.8 Å². The molecule has 3 amide bonds. The predicted molar refractivity (Wildman–Crippen MR) is 136 cm³/mol. The number of ether oxygens (including phenoxy) is 1. The maximum atomic E-state index is 13.8. The van der Waals surface area contributed by atoms with Gasteiger partial charge in [0.05, 0.1) is 18.9 Å². The normalized spacial score (nSPS) is 18.4. The minimum Gasteiger partial charge on any atom is -0.378 e. The molecule has 2 N–H and O–H groups in total. The van der Waals surface area contributed by atoms with E-state index in [1.807, 2.05) is 69.3 Å². The van der Waals surface area contributed by atoms with Gasteiger partial charge in [0.2, 0.25) is 6.17 Å². The number of morpholine rings is 1. The summed E-state index contributed by atoms with van der Waals surface area (Å²) in [4.78, 5) is 36.7. The Morgan fingerprint density at radius 3 is 2.44 bits per heavy atom. The van der Waals surface area contributed by atoms with Gasteiger partial charge in [0.15, 0.2) is 0 Å². The highest BCUT2D eigenvalue weighted by atomic mass is 16.5. The molecule has 0 bridgehead atoms. The van der Waals surface area contributed by atoms with Crippen molar-refractivity contribution in [1.29, 1.82) is 0 Å². The van der Waals surface area contributed by atoms with Crippen molar-refractivity contribution < 1.29 is 14.3 Å². The van der Waals surface area contributed by atoms with Gasteiger partial charge in [0.25, 0.3) is 5.91 Å². The van der Waals surface area contributed by atoms with Gasteiger partial charge in [0, 0.05) is 42.3 Å². The molecule has 2 aliphatic rings. The number of benzene rings is 2. The van der Waals surface area contributed by atoms with E-state index in [-0.39, 0.29) is 11.8 Å². The van der Waals surface area contributed by atoms with E-state index in [4.69, 9.17) is 15.5 Å². The van der Waals surface area contributed by atoms with Crippen molar-refractivity contribution in [2.45, 2.75) is 33.4 Å². The zero-order chi connectivity index (χ0) is 24.2. The standard InChI is InChI=1S/C26H33N5O3/c1-4-13-30-22-8-6-5-7-21(22)23(18(2)3)28-24(25(30)32)31(26(27)33)20-11-9-19(10-12-20)29-14-16-34-17-15-29/h5-12,18,24H,4,13-17H2,1-3H3,(H2,27,33). The lowest BCUT2D eigenvalue weighted by Gasteiger charge is -2.32. The lowest BCUT2D eigenvalue weighted by molar-refractivity contribution is -0.119. The van der Waals surface area contributed by atoms with E-state index >= 15 is 0 Å². The molecule has 0 aromatic heterocycles. The first-order valence-corrected chi connectivity index (χ1v) is 11.9. The van der Waals surface area contributed by atoms with Crippen LogP contribution in [0.3, 0.4) is 0 Å². The first kappa shape index (κ1) is 23.8. The van der Waals surface area contributed by atoms with E-state index in [9.17, 15) is 9.59 Å². The second-order valence-electron chi connectivity index (χ2n) is 8.87. The molecule has 2 heterocycles. The monoisotopic (exact) mass is 463 g/mol. The molecule has 4 rings (SSSR count). The Kier molecular flexibility index (Phi) is 7.17. The minimum absolute atomic E-state index is 0.0523. The van der Waals surface area contributed by atoms with E-state index < -0.39 is 12.2 Å². The summed E-state index contributed by atoms with van der Waals surface area (Å²) in [7, 11) is 0. The molecule has 1 atom stereocenters. The molecular weight excluding hydrogens is 430 g/mol. The van der Waals surface area contributed by atoms with E-state index in [1.54, 1.807) is 4.90 Å². The number of carbonyl (C=O) groups excluding carboxylic acids is 2. The van der Waals surface area contributed by atoms with Gasteiger partial charge in [-0.2, -0.15) is 0 Å². The van der Waals surface area contributed by atoms with E-state index in [0.717, 1.165) is 42.2 Å². The molecular formula is C26H33N5O3. The number of hydrogen-bond acceptors (Lipinski definition) is 5.